The molecule has 0 aromatic carbocycles. The van der Waals surface area contributed by atoms with Crippen molar-refractivity contribution in [2.45, 2.75) is 69.7 Å². The number of ether oxygens (including phenoxy) is 2. The Hall–Kier alpha value is -0.240. The number of aliphatic hydroxyl groups is 4. The molecule has 5 atom stereocenters. The van der Waals surface area contributed by atoms with Crippen molar-refractivity contribution in [1.29, 1.82) is 0 Å². The van der Waals surface area contributed by atoms with Crippen LogP contribution < -0.4 is 0 Å². The van der Waals surface area contributed by atoms with Gasteiger partial charge in [-0.3, -0.25) is 0 Å². The largest absolute Gasteiger partial charge is 0.394 e. The fourth-order valence-electron chi connectivity index (χ4n) is 2.11. The fourth-order valence-corrected chi connectivity index (χ4v) is 2.11. The van der Waals surface area contributed by atoms with E-state index in [-0.39, 0.29) is 0 Å². The molecular formula is C13H26O6. The van der Waals surface area contributed by atoms with E-state index in [2.05, 4.69) is 6.92 Å². The highest BCUT2D eigenvalue weighted by molar-refractivity contribution is 4.88. The molecule has 19 heavy (non-hydrogen) atoms. The van der Waals surface area contributed by atoms with Crippen molar-refractivity contribution in [3.63, 3.8) is 0 Å². The lowest BCUT2D eigenvalue weighted by atomic mass is 9.99. The highest BCUT2D eigenvalue weighted by Crippen LogP contribution is 2.22. The van der Waals surface area contributed by atoms with Crippen molar-refractivity contribution in [3.05, 3.63) is 0 Å². The van der Waals surface area contributed by atoms with Gasteiger partial charge in [-0.2, -0.15) is 0 Å². The van der Waals surface area contributed by atoms with Crippen molar-refractivity contribution in [2.75, 3.05) is 13.2 Å². The quantitative estimate of drug-likeness (QED) is 0.458. The third kappa shape index (κ3) is 4.98. The Morgan fingerprint density at radius 3 is 2.26 bits per heavy atom. The lowest BCUT2D eigenvalue weighted by Crippen LogP contribution is -2.59. The summed E-state index contributed by atoms with van der Waals surface area (Å²) in [5.74, 6) is 0. The van der Waals surface area contributed by atoms with Gasteiger partial charge in [-0.15, -0.1) is 0 Å². The summed E-state index contributed by atoms with van der Waals surface area (Å²) >= 11 is 0. The van der Waals surface area contributed by atoms with E-state index in [4.69, 9.17) is 14.6 Å². The Kier molecular flexibility index (Phi) is 7.82. The molecule has 0 spiro atoms. The van der Waals surface area contributed by atoms with Gasteiger partial charge in [-0.25, -0.2) is 0 Å². The van der Waals surface area contributed by atoms with Gasteiger partial charge in [0.05, 0.1) is 6.61 Å². The molecule has 0 aromatic rings. The molecule has 1 rings (SSSR count). The van der Waals surface area contributed by atoms with E-state index in [9.17, 15) is 15.3 Å². The van der Waals surface area contributed by atoms with Gasteiger partial charge < -0.3 is 29.9 Å². The van der Waals surface area contributed by atoms with Crippen molar-refractivity contribution in [3.8, 4) is 0 Å². The zero-order valence-corrected chi connectivity index (χ0v) is 11.4. The molecule has 0 aromatic heterocycles. The van der Waals surface area contributed by atoms with Crippen LogP contribution in [0.3, 0.4) is 0 Å². The van der Waals surface area contributed by atoms with Gasteiger partial charge in [0, 0.05) is 6.61 Å². The summed E-state index contributed by atoms with van der Waals surface area (Å²) in [6.45, 7) is 2.14. The molecule has 114 valence electrons. The molecule has 0 bridgehead atoms. The molecule has 6 nitrogen and oxygen atoms in total. The van der Waals surface area contributed by atoms with Gasteiger partial charge in [0.25, 0.3) is 0 Å². The van der Waals surface area contributed by atoms with Crippen molar-refractivity contribution in [2.24, 2.45) is 0 Å². The summed E-state index contributed by atoms with van der Waals surface area (Å²) in [5.41, 5.74) is 0. The van der Waals surface area contributed by atoms with E-state index in [1.807, 2.05) is 0 Å². The van der Waals surface area contributed by atoms with Crippen molar-refractivity contribution < 1.29 is 29.9 Å². The summed E-state index contributed by atoms with van der Waals surface area (Å²) in [7, 11) is 0. The first-order valence-electron chi connectivity index (χ1n) is 7.04. The normalized spacial score (nSPS) is 35.5. The first-order chi connectivity index (χ1) is 9.11. The van der Waals surface area contributed by atoms with Crippen LogP contribution in [0.1, 0.15) is 39.0 Å². The molecule has 4 N–H and O–H groups in total. The van der Waals surface area contributed by atoms with Crippen LogP contribution in [0.25, 0.3) is 0 Å². The molecule has 6 heteroatoms. The van der Waals surface area contributed by atoms with Gasteiger partial charge in [0.1, 0.15) is 24.4 Å². The maximum absolute atomic E-state index is 9.72. The van der Waals surface area contributed by atoms with Crippen LogP contribution >= 0.6 is 0 Å². The van der Waals surface area contributed by atoms with E-state index in [0.717, 1.165) is 19.3 Å². The minimum absolute atomic E-state index is 0.423. The number of unbranched alkanes of at least 4 members (excludes halogenated alkanes) is 4. The zero-order chi connectivity index (χ0) is 14.3. The lowest BCUT2D eigenvalue weighted by molar-refractivity contribution is -0.301. The van der Waals surface area contributed by atoms with E-state index < -0.39 is 37.3 Å². The lowest BCUT2D eigenvalue weighted by Gasteiger charge is -2.39. The standard InChI is InChI=1S/C13H26O6/c1-2-3-4-5-6-7-18-13-12(17)11(16)10(15)9(8-14)19-13/h9-17H,2-8H2,1H3/t9?,10-,11+,12?,13+/m1/s1. The summed E-state index contributed by atoms with van der Waals surface area (Å²) in [6, 6.07) is 0. The van der Waals surface area contributed by atoms with E-state index in [1.165, 1.54) is 12.8 Å². The maximum atomic E-state index is 9.72. The molecule has 0 radical (unpaired) electrons. The third-order valence-corrected chi connectivity index (χ3v) is 3.38. The molecule has 1 fully saturated rings. The molecule has 0 saturated carbocycles. The van der Waals surface area contributed by atoms with Gasteiger partial charge >= 0.3 is 0 Å². The predicted molar refractivity (Wildman–Crippen MR) is 68.5 cm³/mol. The van der Waals surface area contributed by atoms with Gasteiger partial charge in [-0.1, -0.05) is 32.6 Å². The number of hydrogen-bond donors (Lipinski definition) is 4. The Morgan fingerprint density at radius 1 is 0.947 bits per heavy atom. The average molecular weight is 278 g/mol. The molecule has 0 aliphatic carbocycles. The Morgan fingerprint density at radius 2 is 1.63 bits per heavy atom. The smallest absolute Gasteiger partial charge is 0.186 e. The van der Waals surface area contributed by atoms with Gasteiger partial charge in [0.2, 0.25) is 0 Å². The topological polar surface area (TPSA) is 99.4 Å². The molecule has 1 aliphatic heterocycles. The van der Waals surface area contributed by atoms with Crippen LogP contribution in [0, 0.1) is 0 Å². The van der Waals surface area contributed by atoms with E-state index in [0.29, 0.717) is 6.61 Å². The van der Waals surface area contributed by atoms with E-state index >= 15 is 0 Å². The Labute approximate surface area is 114 Å². The highest BCUT2D eigenvalue weighted by atomic mass is 16.7. The minimum atomic E-state index is -1.36. The van der Waals surface area contributed by atoms with Crippen LogP contribution in [0.2, 0.25) is 0 Å². The maximum Gasteiger partial charge on any atom is 0.186 e. The summed E-state index contributed by atoms with van der Waals surface area (Å²) in [6.07, 6.45) is -0.471. The van der Waals surface area contributed by atoms with Crippen LogP contribution in [0.15, 0.2) is 0 Å². The molecule has 1 saturated heterocycles. The van der Waals surface area contributed by atoms with Gasteiger partial charge in [-0.05, 0) is 6.42 Å². The highest BCUT2D eigenvalue weighted by Gasteiger charge is 2.43. The molecule has 1 heterocycles. The summed E-state index contributed by atoms with van der Waals surface area (Å²) in [4.78, 5) is 0. The van der Waals surface area contributed by atoms with Gasteiger partial charge in [0.15, 0.2) is 6.29 Å². The molecule has 2 unspecified atom stereocenters. The van der Waals surface area contributed by atoms with E-state index in [1.54, 1.807) is 0 Å². The first kappa shape index (κ1) is 16.8. The second kappa shape index (κ2) is 8.84. The summed E-state index contributed by atoms with van der Waals surface area (Å²) < 4.78 is 10.6. The SMILES string of the molecule is CCCCCCCO[C@H]1OC(CO)[C@@H](O)[C@H](O)C1O. The number of hydrogen-bond acceptors (Lipinski definition) is 6. The molecule has 0 amide bonds. The summed E-state index contributed by atoms with van der Waals surface area (Å²) in [5, 5.41) is 37.9. The fraction of sp³-hybridized carbons (Fsp3) is 1.00. The van der Waals surface area contributed by atoms with Crippen molar-refractivity contribution in [1.82, 2.24) is 0 Å². The van der Waals surface area contributed by atoms with Crippen LogP contribution in [0.5, 0.6) is 0 Å². The average Bonchev–Trinajstić information content (AvgIpc) is 2.42. The zero-order valence-electron chi connectivity index (χ0n) is 11.4. The first-order valence-corrected chi connectivity index (χ1v) is 7.04. The van der Waals surface area contributed by atoms with Crippen LogP contribution in [-0.4, -0.2) is 64.3 Å². The second-order valence-corrected chi connectivity index (χ2v) is 4.98. The Balaban J connectivity index is 2.28. The number of aliphatic hydroxyl groups excluding tert-OH is 4. The number of rotatable bonds is 8. The predicted octanol–water partition coefficient (Wildman–Crippen LogP) is -0.227. The monoisotopic (exact) mass is 278 g/mol. The Bertz CT molecular complexity index is 235. The molecular weight excluding hydrogens is 252 g/mol. The second-order valence-electron chi connectivity index (χ2n) is 4.98. The van der Waals surface area contributed by atoms with Crippen LogP contribution in [0.4, 0.5) is 0 Å². The third-order valence-electron chi connectivity index (χ3n) is 3.38. The minimum Gasteiger partial charge on any atom is -0.394 e. The molecule has 1 aliphatic rings. The van der Waals surface area contributed by atoms with Crippen LogP contribution in [-0.2, 0) is 9.47 Å². The van der Waals surface area contributed by atoms with Crippen molar-refractivity contribution >= 4 is 0 Å².